The van der Waals surface area contributed by atoms with Gasteiger partial charge >= 0.3 is 0 Å². The molecule has 9 nitrogen and oxygen atoms in total. The average molecular weight is 554 g/mol. The van der Waals surface area contributed by atoms with Crippen molar-refractivity contribution in [3.8, 4) is 11.8 Å². The summed E-state index contributed by atoms with van der Waals surface area (Å²) in [6, 6.07) is 9.02. The Hall–Kier alpha value is -4.04. The van der Waals surface area contributed by atoms with Crippen LogP contribution >= 0.6 is 0 Å². The molecule has 2 aromatic carbocycles. The van der Waals surface area contributed by atoms with Crippen molar-refractivity contribution in [2.24, 2.45) is 5.41 Å². The largest absolute Gasteiger partial charge is 0.480 e. The fraction of sp³-hybridized carbons (Fsp3) is 0.448. The number of hydrogen-bond donors (Lipinski definition) is 3. The quantitative estimate of drug-likeness (QED) is 0.483. The molecule has 2 aliphatic heterocycles. The van der Waals surface area contributed by atoms with E-state index in [1.807, 2.05) is 6.92 Å². The van der Waals surface area contributed by atoms with Crippen molar-refractivity contribution in [1.29, 1.82) is 5.26 Å². The molecule has 0 spiro atoms. The van der Waals surface area contributed by atoms with E-state index in [-0.39, 0.29) is 18.5 Å². The molecule has 11 heteroatoms. The van der Waals surface area contributed by atoms with Gasteiger partial charge in [-0.25, -0.2) is 14.2 Å². The lowest BCUT2D eigenvalue weighted by Gasteiger charge is -2.36. The number of halogens is 2. The summed E-state index contributed by atoms with van der Waals surface area (Å²) in [5.41, 5.74) is 5.73. The summed E-state index contributed by atoms with van der Waals surface area (Å²) in [6.45, 7) is 6.73. The smallest absolute Gasteiger partial charge is 0.275 e. The van der Waals surface area contributed by atoms with Crippen molar-refractivity contribution in [2.45, 2.75) is 71.2 Å². The summed E-state index contributed by atoms with van der Waals surface area (Å²) in [5.74, 6) is -2.28. The van der Waals surface area contributed by atoms with E-state index in [1.165, 1.54) is 17.0 Å². The van der Waals surface area contributed by atoms with Gasteiger partial charge in [0.2, 0.25) is 5.91 Å². The number of nitrogens with zero attached hydrogens (tertiary/aromatic N) is 2. The number of carbonyl (C=O) groups excluding carboxylic acids is 3. The molecule has 0 saturated carbocycles. The highest BCUT2D eigenvalue weighted by molar-refractivity contribution is 5.97. The molecule has 2 saturated heterocycles. The summed E-state index contributed by atoms with van der Waals surface area (Å²) in [4.78, 5) is 40.0. The number of amides is 3. The molecular formula is C29H33F2N5O4. The molecule has 2 heterocycles. The zero-order chi connectivity index (χ0) is 29.2. The zero-order valence-corrected chi connectivity index (χ0v) is 22.9. The van der Waals surface area contributed by atoms with Gasteiger partial charge < -0.3 is 15.0 Å². The first kappa shape index (κ1) is 29.0. The van der Waals surface area contributed by atoms with Crippen LogP contribution < -0.4 is 20.9 Å². The monoisotopic (exact) mass is 553 g/mol. The second kappa shape index (κ2) is 11.6. The Kier molecular flexibility index (Phi) is 8.40. The van der Waals surface area contributed by atoms with Crippen molar-refractivity contribution in [1.82, 2.24) is 21.1 Å². The molecule has 0 radical (unpaired) electrons. The molecule has 40 heavy (non-hydrogen) atoms. The van der Waals surface area contributed by atoms with Crippen LogP contribution in [0.2, 0.25) is 0 Å². The molecule has 3 amide bonds. The van der Waals surface area contributed by atoms with Crippen LogP contribution in [0.4, 0.5) is 8.78 Å². The van der Waals surface area contributed by atoms with Gasteiger partial charge in [0.25, 0.3) is 11.8 Å². The summed E-state index contributed by atoms with van der Waals surface area (Å²) in [7, 11) is 0. The Bertz CT molecular complexity index is 1340. The van der Waals surface area contributed by atoms with Crippen LogP contribution in [0.1, 0.15) is 67.6 Å². The Balaban J connectivity index is 1.47. The fourth-order valence-electron chi connectivity index (χ4n) is 5.33. The number of nitrogens with one attached hydrogen (secondary N) is 3. The van der Waals surface area contributed by atoms with Crippen LogP contribution in [0.5, 0.6) is 5.75 Å². The third-order valence-electron chi connectivity index (χ3n) is 7.47. The lowest BCUT2D eigenvalue weighted by Crippen LogP contribution is -2.56. The van der Waals surface area contributed by atoms with E-state index in [2.05, 4.69) is 22.2 Å². The number of benzene rings is 2. The zero-order valence-electron chi connectivity index (χ0n) is 22.9. The van der Waals surface area contributed by atoms with E-state index >= 15 is 0 Å². The van der Waals surface area contributed by atoms with E-state index in [9.17, 15) is 28.4 Å². The fourth-order valence-corrected chi connectivity index (χ4v) is 5.33. The van der Waals surface area contributed by atoms with E-state index < -0.39 is 47.1 Å². The van der Waals surface area contributed by atoms with Crippen molar-refractivity contribution in [2.75, 3.05) is 6.54 Å². The molecule has 0 aromatic heterocycles. The van der Waals surface area contributed by atoms with Crippen molar-refractivity contribution in [3.63, 3.8) is 0 Å². The van der Waals surface area contributed by atoms with Gasteiger partial charge in [-0.15, -0.1) is 0 Å². The third-order valence-corrected chi connectivity index (χ3v) is 7.47. The second-order valence-electron chi connectivity index (χ2n) is 11.0. The molecule has 212 valence electrons. The number of hydrazine groups is 1. The molecule has 4 atom stereocenters. The molecule has 0 aliphatic carbocycles. The lowest BCUT2D eigenvalue weighted by molar-refractivity contribution is -0.135. The first-order valence-corrected chi connectivity index (χ1v) is 13.2. The third kappa shape index (κ3) is 6.23. The van der Waals surface area contributed by atoms with Crippen molar-refractivity contribution >= 4 is 17.7 Å². The maximum Gasteiger partial charge on any atom is 0.275 e. The van der Waals surface area contributed by atoms with Gasteiger partial charge in [-0.2, -0.15) is 5.26 Å². The van der Waals surface area contributed by atoms with Gasteiger partial charge in [0.05, 0.1) is 30.1 Å². The minimum atomic E-state index is -0.920. The first-order valence-electron chi connectivity index (χ1n) is 13.2. The molecule has 2 aromatic rings. The lowest BCUT2D eigenvalue weighted by atomic mass is 9.84. The molecule has 2 fully saturated rings. The van der Waals surface area contributed by atoms with E-state index in [0.717, 1.165) is 6.07 Å². The Morgan fingerprint density at radius 1 is 1.18 bits per heavy atom. The van der Waals surface area contributed by atoms with Crippen LogP contribution in [0.3, 0.4) is 0 Å². The Labute approximate surface area is 231 Å². The number of ether oxygens (including phenoxy) is 1. The predicted molar refractivity (Wildman–Crippen MR) is 142 cm³/mol. The number of rotatable bonds is 7. The van der Waals surface area contributed by atoms with Gasteiger partial charge in [0.15, 0.2) is 6.10 Å². The Morgan fingerprint density at radius 3 is 2.52 bits per heavy atom. The van der Waals surface area contributed by atoms with Gasteiger partial charge in [0, 0.05) is 24.1 Å². The van der Waals surface area contributed by atoms with Gasteiger partial charge in [0.1, 0.15) is 17.4 Å². The highest BCUT2D eigenvalue weighted by atomic mass is 19.1. The number of hydrogen-bond acceptors (Lipinski definition) is 6. The van der Waals surface area contributed by atoms with Gasteiger partial charge in [-0.3, -0.25) is 19.8 Å². The van der Waals surface area contributed by atoms with Crippen LogP contribution in [0.25, 0.3) is 0 Å². The maximum atomic E-state index is 14.0. The number of carbonyl (C=O) groups is 3. The number of nitriles is 1. The SMILES string of the molecule is Cc1cc(C(=O)NCC(=O)N2[C@H](c3cc(F)cc(F)c3)CC[C@@H]2C(C)(C)C#N)ccc1OC1CC(C)NNC1=O. The topological polar surface area (TPSA) is 124 Å². The van der Waals surface area contributed by atoms with Crippen LogP contribution in [-0.2, 0) is 9.59 Å². The minimum absolute atomic E-state index is 0.0408. The number of likely N-dealkylation sites (tertiary alicyclic amines) is 1. The summed E-state index contributed by atoms with van der Waals surface area (Å²) >= 11 is 0. The summed E-state index contributed by atoms with van der Waals surface area (Å²) in [5, 5.41) is 12.4. The van der Waals surface area contributed by atoms with E-state index in [0.29, 0.717) is 41.7 Å². The van der Waals surface area contributed by atoms with Gasteiger partial charge in [-0.05, 0) is 82.0 Å². The van der Waals surface area contributed by atoms with E-state index in [1.54, 1.807) is 39.0 Å². The summed E-state index contributed by atoms with van der Waals surface area (Å²) in [6.07, 6.45) is 0.710. The highest BCUT2D eigenvalue weighted by Gasteiger charge is 2.45. The molecular weight excluding hydrogens is 520 g/mol. The molecule has 2 aliphatic rings. The maximum absolute atomic E-state index is 14.0. The van der Waals surface area contributed by atoms with Gasteiger partial charge in [-0.1, -0.05) is 0 Å². The molecule has 4 rings (SSSR count). The van der Waals surface area contributed by atoms with Crippen molar-refractivity contribution < 1.29 is 27.9 Å². The van der Waals surface area contributed by atoms with Crippen molar-refractivity contribution in [3.05, 3.63) is 64.7 Å². The number of aryl methyl sites for hydroxylation is 1. The Morgan fingerprint density at radius 2 is 1.88 bits per heavy atom. The minimum Gasteiger partial charge on any atom is -0.480 e. The van der Waals surface area contributed by atoms with Crippen LogP contribution in [0, 0.1) is 35.3 Å². The molecule has 3 N–H and O–H groups in total. The van der Waals surface area contributed by atoms with E-state index in [4.69, 9.17) is 4.74 Å². The highest BCUT2D eigenvalue weighted by Crippen LogP contribution is 2.43. The standard InChI is InChI=1S/C29H33F2N5O4/c1-16-9-18(5-7-23(16)40-24-10-17(2)34-35-28(24)39)27(38)33-14-26(37)36-22(6-8-25(36)29(3,4)15-32)19-11-20(30)13-21(31)12-19/h5,7,9,11-13,17,22,24-25,34H,6,8,10,14H2,1-4H3,(H,33,38)(H,35,39)/t17?,22-,24?,25+/m0/s1. The second-order valence-corrected chi connectivity index (χ2v) is 11.0. The predicted octanol–water partition coefficient (Wildman–Crippen LogP) is 3.45. The van der Waals surface area contributed by atoms with Crippen LogP contribution in [0.15, 0.2) is 36.4 Å². The normalized spacial score (nSPS) is 22.8. The molecule has 2 unspecified atom stereocenters. The molecule has 0 bridgehead atoms. The first-order chi connectivity index (χ1) is 18.9. The summed E-state index contributed by atoms with van der Waals surface area (Å²) < 4.78 is 33.9. The van der Waals surface area contributed by atoms with Crippen LogP contribution in [-0.4, -0.2) is 47.4 Å². The average Bonchev–Trinajstić information content (AvgIpc) is 3.36.